The lowest BCUT2D eigenvalue weighted by atomic mass is 10.1. The van der Waals surface area contributed by atoms with Gasteiger partial charge in [-0.05, 0) is 29.9 Å². The highest BCUT2D eigenvalue weighted by Gasteiger charge is 2.06. The first-order chi connectivity index (χ1) is 8.08. The summed E-state index contributed by atoms with van der Waals surface area (Å²) in [5.74, 6) is 5.10. The molecule has 0 bridgehead atoms. The molecule has 2 rings (SSSR count). The van der Waals surface area contributed by atoms with Crippen molar-refractivity contribution in [2.45, 2.75) is 6.42 Å². The van der Waals surface area contributed by atoms with Gasteiger partial charge in [-0.1, -0.05) is 12.1 Å². The van der Waals surface area contributed by atoms with E-state index in [9.17, 15) is 9.18 Å². The predicted octanol–water partition coefficient (Wildman–Crippen LogP) is 0.745. The molecule has 0 amide bonds. The molecule has 5 nitrogen and oxygen atoms in total. The zero-order chi connectivity index (χ0) is 12.4. The highest BCUT2D eigenvalue weighted by molar-refractivity contribution is 7.71. The van der Waals surface area contributed by atoms with E-state index in [1.807, 2.05) is 0 Å². The first kappa shape index (κ1) is 11.5. The Hall–Kier alpha value is -2.02. The monoisotopic (exact) mass is 252 g/mol. The van der Waals surface area contributed by atoms with Crippen LogP contribution in [0, 0.1) is 10.6 Å². The minimum Gasteiger partial charge on any atom is -0.334 e. The molecule has 3 N–H and O–H groups in total. The van der Waals surface area contributed by atoms with Gasteiger partial charge in [0.15, 0.2) is 0 Å². The summed E-state index contributed by atoms with van der Waals surface area (Å²) in [4.78, 5) is 11.7. The number of aromatic amines is 1. The van der Waals surface area contributed by atoms with Crippen LogP contribution in [0.3, 0.4) is 0 Å². The van der Waals surface area contributed by atoms with Gasteiger partial charge in [-0.2, -0.15) is 9.77 Å². The second-order valence-corrected chi connectivity index (χ2v) is 3.84. The Bertz CT molecular complexity index is 647. The van der Waals surface area contributed by atoms with Crippen LogP contribution < -0.4 is 11.4 Å². The summed E-state index contributed by atoms with van der Waals surface area (Å²) in [6.45, 7) is 0. The van der Waals surface area contributed by atoms with Gasteiger partial charge >= 0.3 is 0 Å². The Labute approximate surface area is 101 Å². The highest BCUT2D eigenvalue weighted by atomic mass is 32.1. The van der Waals surface area contributed by atoms with Gasteiger partial charge in [0.1, 0.15) is 11.5 Å². The normalized spacial score (nSPS) is 10.4. The van der Waals surface area contributed by atoms with Gasteiger partial charge in [-0.3, -0.25) is 9.89 Å². The summed E-state index contributed by atoms with van der Waals surface area (Å²) >= 11 is 4.75. The van der Waals surface area contributed by atoms with Crippen molar-refractivity contribution in [3.8, 4) is 0 Å². The molecule has 1 aromatic heterocycles. The van der Waals surface area contributed by atoms with Gasteiger partial charge in [0.2, 0.25) is 4.77 Å². The minimum atomic E-state index is -0.460. The van der Waals surface area contributed by atoms with Crippen LogP contribution in [0.5, 0.6) is 0 Å². The number of nitrogens with one attached hydrogen (secondary N) is 1. The Kier molecular flexibility index (Phi) is 3.01. The van der Waals surface area contributed by atoms with Crippen LogP contribution in [-0.2, 0) is 6.42 Å². The van der Waals surface area contributed by atoms with E-state index in [0.717, 1.165) is 10.2 Å². The first-order valence-electron chi connectivity index (χ1n) is 4.78. The molecule has 0 atom stereocenters. The third kappa shape index (κ3) is 2.39. The highest BCUT2D eigenvalue weighted by Crippen LogP contribution is 2.05. The SMILES string of the molecule is Nn1c(=S)[nH]nc(Cc2ccc(F)cc2)c1=O. The van der Waals surface area contributed by atoms with E-state index in [4.69, 9.17) is 18.1 Å². The van der Waals surface area contributed by atoms with Crippen molar-refractivity contribution in [3.63, 3.8) is 0 Å². The largest absolute Gasteiger partial charge is 0.334 e. The topological polar surface area (TPSA) is 76.7 Å². The molecule has 17 heavy (non-hydrogen) atoms. The van der Waals surface area contributed by atoms with Crippen LogP contribution in [-0.4, -0.2) is 14.9 Å². The molecule has 2 aromatic rings. The van der Waals surface area contributed by atoms with Crippen LogP contribution in [0.4, 0.5) is 4.39 Å². The van der Waals surface area contributed by atoms with Gasteiger partial charge in [-0.25, -0.2) is 4.39 Å². The van der Waals surface area contributed by atoms with E-state index in [1.165, 1.54) is 12.1 Å². The van der Waals surface area contributed by atoms with Crippen molar-refractivity contribution in [1.82, 2.24) is 14.9 Å². The number of nitrogen functional groups attached to an aromatic ring is 1. The fourth-order valence-electron chi connectivity index (χ4n) is 1.36. The van der Waals surface area contributed by atoms with Crippen molar-refractivity contribution >= 4 is 12.2 Å². The Morgan fingerprint density at radius 1 is 1.41 bits per heavy atom. The molecular weight excluding hydrogens is 243 g/mol. The lowest BCUT2D eigenvalue weighted by Gasteiger charge is -2.02. The summed E-state index contributed by atoms with van der Waals surface area (Å²) in [5, 5.41) is 6.29. The lowest BCUT2D eigenvalue weighted by molar-refractivity contribution is 0.627. The lowest BCUT2D eigenvalue weighted by Crippen LogP contribution is -2.32. The molecule has 0 aliphatic rings. The zero-order valence-corrected chi connectivity index (χ0v) is 9.50. The molecule has 0 saturated heterocycles. The summed E-state index contributed by atoms with van der Waals surface area (Å²) in [7, 11) is 0. The van der Waals surface area contributed by atoms with Crippen molar-refractivity contribution in [2.24, 2.45) is 0 Å². The maximum atomic E-state index is 12.7. The van der Waals surface area contributed by atoms with Crippen molar-refractivity contribution in [2.75, 3.05) is 5.84 Å². The van der Waals surface area contributed by atoms with Gasteiger partial charge in [0.05, 0.1) is 0 Å². The average molecular weight is 252 g/mol. The maximum Gasteiger partial charge on any atom is 0.295 e. The van der Waals surface area contributed by atoms with Gasteiger partial charge in [-0.15, -0.1) is 0 Å². The molecule has 1 heterocycles. The fourth-order valence-corrected chi connectivity index (χ4v) is 1.49. The predicted molar refractivity (Wildman–Crippen MR) is 63.0 cm³/mol. The molecule has 0 unspecified atom stereocenters. The maximum absolute atomic E-state index is 12.7. The Morgan fingerprint density at radius 3 is 2.71 bits per heavy atom. The number of hydrogen-bond donors (Lipinski definition) is 2. The van der Waals surface area contributed by atoms with Crippen LogP contribution >= 0.6 is 12.2 Å². The van der Waals surface area contributed by atoms with Gasteiger partial charge in [0, 0.05) is 6.42 Å². The smallest absolute Gasteiger partial charge is 0.295 e. The number of hydrogen-bond acceptors (Lipinski definition) is 4. The summed E-state index contributed by atoms with van der Waals surface area (Å²) in [6, 6.07) is 5.81. The van der Waals surface area contributed by atoms with Crippen molar-refractivity contribution < 1.29 is 4.39 Å². The number of halogens is 1. The van der Waals surface area contributed by atoms with E-state index in [0.29, 0.717) is 0 Å². The summed E-state index contributed by atoms with van der Waals surface area (Å²) in [6.07, 6.45) is 0.266. The Morgan fingerprint density at radius 2 is 2.06 bits per heavy atom. The molecule has 0 radical (unpaired) electrons. The quantitative estimate of drug-likeness (QED) is 0.610. The van der Waals surface area contributed by atoms with Crippen molar-refractivity contribution in [1.29, 1.82) is 0 Å². The molecule has 0 aliphatic heterocycles. The van der Waals surface area contributed by atoms with Crippen molar-refractivity contribution in [3.05, 3.63) is 56.5 Å². The fraction of sp³-hybridized carbons (Fsp3) is 0.100. The molecule has 1 aromatic carbocycles. The van der Waals surface area contributed by atoms with Crippen LogP contribution in [0.15, 0.2) is 29.1 Å². The van der Waals surface area contributed by atoms with E-state index < -0.39 is 5.56 Å². The number of benzene rings is 1. The van der Waals surface area contributed by atoms with Crippen LogP contribution in [0.1, 0.15) is 11.3 Å². The first-order valence-corrected chi connectivity index (χ1v) is 5.19. The molecular formula is C10H9FN4OS. The van der Waals surface area contributed by atoms with E-state index in [2.05, 4.69) is 10.2 Å². The molecule has 0 aliphatic carbocycles. The number of nitrogens with zero attached hydrogens (tertiary/aromatic N) is 2. The van der Waals surface area contributed by atoms with E-state index >= 15 is 0 Å². The van der Waals surface area contributed by atoms with Crippen LogP contribution in [0.25, 0.3) is 0 Å². The van der Waals surface area contributed by atoms with Crippen LogP contribution in [0.2, 0.25) is 0 Å². The number of H-pyrrole nitrogens is 1. The number of rotatable bonds is 2. The van der Waals surface area contributed by atoms with E-state index in [-0.39, 0.29) is 22.7 Å². The molecule has 7 heteroatoms. The summed E-state index contributed by atoms with van der Waals surface area (Å²) in [5.41, 5.74) is 0.535. The standard InChI is InChI=1S/C10H9FN4OS/c11-7-3-1-6(2-4-7)5-8-9(16)15(12)10(17)14-13-8/h1-4H,5,12H2,(H,14,17). The summed E-state index contributed by atoms with van der Waals surface area (Å²) < 4.78 is 13.6. The third-order valence-corrected chi connectivity index (χ3v) is 2.54. The van der Waals surface area contributed by atoms with Gasteiger partial charge < -0.3 is 5.84 Å². The Balaban J connectivity index is 2.37. The average Bonchev–Trinajstić information content (AvgIpc) is 2.33. The second kappa shape index (κ2) is 4.46. The second-order valence-electron chi connectivity index (χ2n) is 3.45. The van der Waals surface area contributed by atoms with Gasteiger partial charge in [0.25, 0.3) is 5.56 Å². The molecule has 0 spiro atoms. The van der Waals surface area contributed by atoms with E-state index in [1.54, 1.807) is 12.1 Å². The number of nitrogens with two attached hydrogens (primary N) is 1. The molecule has 0 saturated carbocycles. The molecule has 0 fully saturated rings. The molecule has 88 valence electrons. The minimum absolute atomic E-state index is 0.0536. The third-order valence-electron chi connectivity index (χ3n) is 2.26. The number of aromatic nitrogens is 3. The zero-order valence-electron chi connectivity index (χ0n) is 8.68.